The van der Waals surface area contributed by atoms with Gasteiger partial charge in [-0.25, -0.2) is 10.0 Å². The molecule has 1 aromatic carbocycles. The molecule has 0 bridgehead atoms. The molecule has 18 heavy (non-hydrogen) atoms. The minimum Gasteiger partial charge on any atom is -0.314 e. The molecule has 98 valence electrons. The quantitative estimate of drug-likeness (QED) is 0.793. The molecule has 1 unspecified atom stereocenters. The number of nitrogens with zero attached hydrogens (tertiary/aromatic N) is 2. The molecule has 0 saturated carbocycles. The van der Waals surface area contributed by atoms with Gasteiger partial charge < -0.3 is 10.6 Å². The van der Waals surface area contributed by atoms with Gasteiger partial charge in [0.1, 0.15) is 0 Å². The van der Waals surface area contributed by atoms with E-state index < -0.39 is 0 Å². The van der Waals surface area contributed by atoms with Crippen LogP contribution in [0.4, 0.5) is 0 Å². The van der Waals surface area contributed by atoms with Gasteiger partial charge >= 0.3 is 0 Å². The number of rotatable bonds is 2. The third-order valence-electron chi connectivity index (χ3n) is 3.86. The van der Waals surface area contributed by atoms with E-state index in [1.165, 1.54) is 5.56 Å². The SMILES string of the molecule is c1ccc(C2CNCCN2N2CCNCC2)cc1. The van der Waals surface area contributed by atoms with Crippen LogP contribution < -0.4 is 10.6 Å². The first-order valence-corrected chi connectivity index (χ1v) is 6.93. The Kier molecular flexibility index (Phi) is 3.90. The fourth-order valence-electron chi connectivity index (χ4n) is 2.91. The predicted octanol–water partition coefficient (Wildman–Crippen LogP) is 0.453. The summed E-state index contributed by atoms with van der Waals surface area (Å²) in [6.45, 7) is 7.71. The topological polar surface area (TPSA) is 30.5 Å². The minimum absolute atomic E-state index is 0.484. The molecule has 2 fully saturated rings. The van der Waals surface area contributed by atoms with Crippen LogP contribution in [-0.4, -0.2) is 55.8 Å². The van der Waals surface area contributed by atoms with Crippen LogP contribution in [0.1, 0.15) is 11.6 Å². The summed E-state index contributed by atoms with van der Waals surface area (Å²) in [5, 5.41) is 12.0. The molecule has 4 nitrogen and oxygen atoms in total. The molecule has 2 N–H and O–H groups in total. The highest BCUT2D eigenvalue weighted by Crippen LogP contribution is 2.23. The first-order valence-electron chi connectivity index (χ1n) is 6.93. The van der Waals surface area contributed by atoms with Crippen LogP contribution in [0, 0.1) is 0 Å². The van der Waals surface area contributed by atoms with Gasteiger partial charge in [0.05, 0.1) is 6.04 Å². The molecule has 1 aromatic rings. The van der Waals surface area contributed by atoms with E-state index in [9.17, 15) is 0 Å². The number of hydrogen-bond acceptors (Lipinski definition) is 4. The molecular weight excluding hydrogens is 224 g/mol. The highest BCUT2D eigenvalue weighted by molar-refractivity contribution is 5.19. The van der Waals surface area contributed by atoms with Gasteiger partial charge in [0.2, 0.25) is 0 Å². The molecule has 2 aliphatic rings. The zero-order chi connectivity index (χ0) is 12.2. The summed E-state index contributed by atoms with van der Waals surface area (Å²) in [5.74, 6) is 0. The summed E-state index contributed by atoms with van der Waals surface area (Å²) in [6, 6.07) is 11.3. The largest absolute Gasteiger partial charge is 0.314 e. The van der Waals surface area contributed by atoms with Gasteiger partial charge in [0.15, 0.2) is 0 Å². The standard InChI is InChI=1S/C14H22N4/c1-2-4-13(5-3-1)14-12-16-8-11-18(14)17-9-6-15-7-10-17/h1-5,14-16H,6-12H2. The average molecular weight is 246 g/mol. The summed E-state index contributed by atoms with van der Waals surface area (Å²) >= 11 is 0. The summed E-state index contributed by atoms with van der Waals surface area (Å²) < 4.78 is 0. The van der Waals surface area contributed by atoms with Crippen molar-refractivity contribution < 1.29 is 0 Å². The van der Waals surface area contributed by atoms with Crippen LogP contribution >= 0.6 is 0 Å². The van der Waals surface area contributed by atoms with Crippen LogP contribution in [0.3, 0.4) is 0 Å². The average Bonchev–Trinajstić information content (AvgIpc) is 2.49. The monoisotopic (exact) mass is 246 g/mol. The molecule has 0 radical (unpaired) electrons. The lowest BCUT2D eigenvalue weighted by molar-refractivity contribution is -0.0799. The molecule has 0 aliphatic carbocycles. The summed E-state index contributed by atoms with van der Waals surface area (Å²) in [5.41, 5.74) is 1.42. The van der Waals surface area contributed by atoms with Crippen molar-refractivity contribution >= 4 is 0 Å². The lowest BCUT2D eigenvalue weighted by Crippen LogP contribution is -2.58. The van der Waals surface area contributed by atoms with Crippen molar-refractivity contribution in [2.75, 3.05) is 45.8 Å². The second kappa shape index (κ2) is 5.80. The Labute approximate surface area is 109 Å². The maximum atomic E-state index is 3.52. The Morgan fingerprint density at radius 3 is 2.39 bits per heavy atom. The second-order valence-electron chi connectivity index (χ2n) is 5.00. The number of nitrogens with one attached hydrogen (secondary N) is 2. The van der Waals surface area contributed by atoms with E-state index in [1.807, 2.05) is 0 Å². The zero-order valence-corrected chi connectivity index (χ0v) is 10.8. The highest BCUT2D eigenvalue weighted by atomic mass is 15.6. The van der Waals surface area contributed by atoms with E-state index in [4.69, 9.17) is 0 Å². The molecule has 4 heteroatoms. The summed E-state index contributed by atoms with van der Waals surface area (Å²) in [6.07, 6.45) is 0. The fourth-order valence-corrected chi connectivity index (χ4v) is 2.91. The molecule has 1 atom stereocenters. The van der Waals surface area contributed by atoms with Crippen molar-refractivity contribution in [3.8, 4) is 0 Å². The second-order valence-corrected chi connectivity index (χ2v) is 5.00. The first kappa shape index (κ1) is 12.1. The van der Waals surface area contributed by atoms with Gasteiger partial charge in [0, 0.05) is 45.8 Å². The maximum absolute atomic E-state index is 3.52. The Hall–Kier alpha value is -0.940. The lowest BCUT2D eigenvalue weighted by Gasteiger charge is -2.45. The first-order chi connectivity index (χ1) is 8.95. The maximum Gasteiger partial charge on any atom is 0.0620 e. The summed E-state index contributed by atoms with van der Waals surface area (Å²) in [4.78, 5) is 0. The molecule has 3 rings (SSSR count). The van der Waals surface area contributed by atoms with Crippen molar-refractivity contribution in [1.29, 1.82) is 0 Å². The smallest absolute Gasteiger partial charge is 0.0620 e. The van der Waals surface area contributed by atoms with E-state index in [2.05, 4.69) is 51.0 Å². The Morgan fingerprint density at radius 1 is 0.889 bits per heavy atom. The third-order valence-corrected chi connectivity index (χ3v) is 3.86. The van der Waals surface area contributed by atoms with Crippen molar-refractivity contribution in [2.24, 2.45) is 0 Å². The molecular formula is C14H22N4. The normalized spacial score (nSPS) is 27.2. The van der Waals surface area contributed by atoms with Gasteiger partial charge in [-0.2, -0.15) is 0 Å². The van der Waals surface area contributed by atoms with Crippen molar-refractivity contribution in [3.63, 3.8) is 0 Å². The predicted molar refractivity (Wildman–Crippen MR) is 73.2 cm³/mol. The van der Waals surface area contributed by atoms with Crippen LogP contribution in [0.2, 0.25) is 0 Å². The third kappa shape index (κ3) is 2.57. The zero-order valence-electron chi connectivity index (χ0n) is 10.8. The van der Waals surface area contributed by atoms with E-state index in [0.717, 1.165) is 45.8 Å². The number of hydrazine groups is 1. The van der Waals surface area contributed by atoms with Crippen LogP contribution in [0.15, 0.2) is 30.3 Å². The molecule has 2 heterocycles. The van der Waals surface area contributed by atoms with Crippen LogP contribution in [-0.2, 0) is 0 Å². The molecule has 0 amide bonds. The van der Waals surface area contributed by atoms with Crippen molar-refractivity contribution in [3.05, 3.63) is 35.9 Å². The molecule has 0 spiro atoms. The Morgan fingerprint density at radius 2 is 1.61 bits per heavy atom. The fraction of sp³-hybridized carbons (Fsp3) is 0.571. The van der Waals surface area contributed by atoms with E-state index in [1.54, 1.807) is 0 Å². The van der Waals surface area contributed by atoms with Crippen LogP contribution in [0.5, 0.6) is 0 Å². The van der Waals surface area contributed by atoms with Gasteiger partial charge in [-0.15, -0.1) is 0 Å². The van der Waals surface area contributed by atoms with Crippen molar-refractivity contribution in [2.45, 2.75) is 6.04 Å². The summed E-state index contributed by atoms with van der Waals surface area (Å²) in [7, 11) is 0. The van der Waals surface area contributed by atoms with E-state index in [0.29, 0.717) is 6.04 Å². The number of hydrogen-bond donors (Lipinski definition) is 2. The lowest BCUT2D eigenvalue weighted by atomic mass is 10.0. The van der Waals surface area contributed by atoms with Gasteiger partial charge in [0.25, 0.3) is 0 Å². The van der Waals surface area contributed by atoms with Gasteiger partial charge in [-0.05, 0) is 5.56 Å². The number of benzene rings is 1. The van der Waals surface area contributed by atoms with Crippen LogP contribution in [0.25, 0.3) is 0 Å². The highest BCUT2D eigenvalue weighted by Gasteiger charge is 2.28. The van der Waals surface area contributed by atoms with Gasteiger partial charge in [-0.1, -0.05) is 30.3 Å². The number of piperazine rings is 2. The van der Waals surface area contributed by atoms with E-state index >= 15 is 0 Å². The van der Waals surface area contributed by atoms with Gasteiger partial charge in [-0.3, -0.25) is 0 Å². The molecule has 2 aliphatic heterocycles. The van der Waals surface area contributed by atoms with E-state index in [-0.39, 0.29) is 0 Å². The Bertz CT molecular complexity index is 361. The Balaban J connectivity index is 1.77. The van der Waals surface area contributed by atoms with Crippen molar-refractivity contribution in [1.82, 2.24) is 20.7 Å². The molecule has 2 saturated heterocycles. The minimum atomic E-state index is 0.484. The molecule has 0 aromatic heterocycles.